The van der Waals surface area contributed by atoms with Crippen LogP contribution in [0.1, 0.15) is 11.4 Å². The van der Waals surface area contributed by atoms with Crippen molar-refractivity contribution in [3.05, 3.63) is 62.8 Å². The van der Waals surface area contributed by atoms with Crippen LogP contribution in [0.4, 0.5) is 8.78 Å². The number of aromatic nitrogens is 2. The maximum Gasteiger partial charge on any atom is 0.255 e. The quantitative estimate of drug-likeness (QED) is 0.786. The molecule has 0 N–H and O–H groups in total. The summed E-state index contributed by atoms with van der Waals surface area (Å²) in [6, 6.07) is 4.23. The summed E-state index contributed by atoms with van der Waals surface area (Å²) in [7, 11) is 0. The average molecular weight is 271 g/mol. The highest BCUT2D eigenvalue weighted by Gasteiger charge is 2.09. The van der Waals surface area contributed by atoms with E-state index in [9.17, 15) is 13.6 Å². The summed E-state index contributed by atoms with van der Waals surface area (Å²) in [5.74, 6) is -0.784. The Morgan fingerprint density at radius 3 is 2.72 bits per heavy atom. The van der Waals surface area contributed by atoms with Crippen LogP contribution < -0.4 is 5.56 Å². The van der Waals surface area contributed by atoms with Gasteiger partial charge in [-0.2, -0.15) is 0 Å². The lowest BCUT2D eigenvalue weighted by Crippen LogP contribution is -2.23. The minimum absolute atomic E-state index is 0.0773. The third kappa shape index (κ3) is 2.56. The third-order valence-corrected chi connectivity index (χ3v) is 2.70. The normalized spacial score (nSPS) is 10.7. The highest BCUT2D eigenvalue weighted by atomic mass is 35.5. The molecule has 6 heteroatoms. The predicted molar refractivity (Wildman–Crippen MR) is 63.7 cm³/mol. The summed E-state index contributed by atoms with van der Waals surface area (Å²) < 4.78 is 27.7. The molecule has 0 unspecified atom stereocenters. The molecule has 0 atom stereocenters. The monoisotopic (exact) mass is 270 g/mol. The van der Waals surface area contributed by atoms with E-state index < -0.39 is 17.2 Å². The largest absolute Gasteiger partial charge is 0.292 e. The second-order valence-corrected chi connectivity index (χ2v) is 4.17. The Balaban J connectivity index is 2.46. The minimum atomic E-state index is -0.572. The SMILES string of the molecule is Cc1nc(Cl)cc(=O)n1Cc1cc(F)ccc1F. The Morgan fingerprint density at radius 1 is 1.33 bits per heavy atom. The van der Waals surface area contributed by atoms with Gasteiger partial charge in [-0.1, -0.05) is 11.6 Å². The van der Waals surface area contributed by atoms with Gasteiger partial charge in [-0.3, -0.25) is 9.36 Å². The van der Waals surface area contributed by atoms with Crippen molar-refractivity contribution in [2.75, 3.05) is 0 Å². The Bertz CT molecular complexity index is 655. The van der Waals surface area contributed by atoms with Gasteiger partial charge < -0.3 is 0 Å². The first-order valence-corrected chi connectivity index (χ1v) is 5.53. The molecule has 1 aromatic heterocycles. The van der Waals surface area contributed by atoms with Crippen molar-refractivity contribution in [3.63, 3.8) is 0 Å². The van der Waals surface area contributed by atoms with Gasteiger partial charge in [-0.05, 0) is 25.1 Å². The zero-order valence-corrected chi connectivity index (χ0v) is 10.2. The van der Waals surface area contributed by atoms with Gasteiger partial charge in [0.15, 0.2) is 0 Å². The van der Waals surface area contributed by atoms with Gasteiger partial charge in [0.25, 0.3) is 5.56 Å². The molecule has 0 aliphatic heterocycles. The first kappa shape index (κ1) is 12.7. The van der Waals surface area contributed by atoms with Crippen LogP contribution in [0.3, 0.4) is 0 Å². The summed E-state index contributed by atoms with van der Waals surface area (Å²) >= 11 is 5.62. The smallest absolute Gasteiger partial charge is 0.255 e. The molecule has 94 valence electrons. The lowest BCUT2D eigenvalue weighted by Gasteiger charge is -2.09. The average Bonchev–Trinajstić information content (AvgIpc) is 2.28. The molecule has 2 aromatic rings. The van der Waals surface area contributed by atoms with E-state index in [0.29, 0.717) is 5.82 Å². The van der Waals surface area contributed by atoms with Crippen LogP contribution in [0.25, 0.3) is 0 Å². The molecule has 0 radical (unpaired) electrons. The Hall–Kier alpha value is -1.75. The van der Waals surface area contributed by atoms with Crippen molar-refractivity contribution in [3.8, 4) is 0 Å². The van der Waals surface area contributed by atoms with E-state index in [0.717, 1.165) is 24.3 Å². The summed E-state index contributed by atoms with van der Waals surface area (Å²) in [4.78, 5) is 15.6. The predicted octanol–water partition coefficient (Wildman–Crippen LogP) is 2.53. The fraction of sp³-hybridized carbons (Fsp3) is 0.167. The van der Waals surface area contributed by atoms with E-state index in [1.807, 2.05) is 0 Å². The molecule has 0 saturated heterocycles. The molecule has 0 fully saturated rings. The van der Waals surface area contributed by atoms with Gasteiger partial charge in [0.2, 0.25) is 0 Å². The van der Waals surface area contributed by atoms with Gasteiger partial charge in [0.05, 0.1) is 6.54 Å². The number of aryl methyl sites for hydroxylation is 1. The lowest BCUT2D eigenvalue weighted by atomic mass is 10.2. The molecule has 0 spiro atoms. The first-order valence-electron chi connectivity index (χ1n) is 5.15. The molecule has 2 rings (SSSR count). The second-order valence-electron chi connectivity index (χ2n) is 3.79. The van der Waals surface area contributed by atoms with Crippen molar-refractivity contribution in [1.29, 1.82) is 0 Å². The molecule has 1 heterocycles. The highest BCUT2D eigenvalue weighted by Crippen LogP contribution is 2.11. The molecule has 0 amide bonds. The van der Waals surface area contributed by atoms with E-state index in [-0.39, 0.29) is 17.3 Å². The molecule has 0 aliphatic carbocycles. The van der Waals surface area contributed by atoms with Gasteiger partial charge in [-0.15, -0.1) is 0 Å². The number of benzene rings is 1. The van der Waals surface area contributed by atoms with Crippen LogP contribution in [0.5, 0.6) is 0 Å². The van der Waals surface area contributed by atoms with Crippen molar-refractivity contribution in [2.45, 2.75) is 13.5 Å². The summed E-state index contributed by atoms with van der Waals surface area (Å²) in [6.45, 7) is 1.49. The first-order chi connectivity index (χ1) is 8.47. The molecule has 3 nitrogen and oxygen atoms in total. The number of hydrogen-bond acceptors (Lipinski definition) is 2. The topological polar surface area (TPSA) is 34.9 Å². The fourth-order valence-electron chi connectivity index (χ4n) is 1.61. The summed E-state index contributed by atoms with van der Waals surface area (Å²) in [5, 5.41) is 0.0773. The number of nitrogens with zero attached hydrogens (tertiary/aromatic N) is 2. The number of hydrogen-bond donors (Lipinski definition) is 0. The zero-order valence-electron chi connectivity index (χ0n) is 9.45. The van der Waals surface area contributed by atoms with E-state index >= 15 is 0 Å². The van der Waals surface area contributed by atoms with E-state index in [4.69, 9.17) is 11.6 Å². The molecule has 18 heavy (non-hydrogen) atoms. The van der Waals surface area contributed by atoms with Crippen molar-refractivity contribution in [2.24, 2.45) is 0 Å². The molecular weight excluding hydrogens is 262 g/mol. The molecule has 0 saturated carbocycles. The van der Waals surface area contributed by atoms with Gasteiger partial charge in [0, 0.05) is 11.6 Å². The van der Waals surface area contributed by atoms with E-state index in [2.05, 4.69) is 4.98 Å². The van der Waals surface area contributed by atoms with Gasteiger partial charge in [0.1, 0.15) is 22.6 Å². The third-order valence-electron chi connectivity index (χ3n) is 2.50. The van der Waals surface area contributed by atoms with Crippen molar-refractivity contribution in [1.82, 2.24) is 9.55 Å². The zero-order chi connectivity index (χ0) is 13.3. The highest BCUT2D eigenvalue weighted by molar-refractivity contribution is 6.29. The van der Waals surface area contributed by atoms with Crippen LogP contribution in [-0.2, 0) is 6.54 Å². The molecule has 1 aromatic carbocycles. The molecular formula is C12H9ClF2N2O. The number of halogens is 3. The standard InChI is InChI=1S/C12H9ClF2N2O/c1-7-16-11(13)5-12(18)17(7)6-8-4-9(14)2-3-10(8)15/h2-5H,6H2,1H3. The maximum absolute atomic E-state index is 13.5. The van der Waals surface area contributed by atoms with Gasteiger partial charge >= 0.3 is 0 Å². The second kappa shape index (κ2) is 4.86. The van der Waals surface area contributed by atoms with E-state index in [1.54, 1.807) is 6.92 Å². The lowest BCUT2D eigenvalue weighted by molar-refractivity contribution is 0.570. The van der Waals surface area contributed by atoms with E-state index in [1.165, 1.54) is 4.57 Å². The summed E-state index contributed by atoms with van der Waals surface area (Å²) in [5.41, 5.74) is -0.319. The molecule has 0 bridgehead atoms. The van der Waals surface area contributed by atoms with Crippen molar-refractivity contribution >= 4 is 11.6 Å². The van der Waals surface area contributed by atoms with Gasteiger partial charge in [-0.25, -0.2) is 13.8 Å². The van der Waals surface area contributed by atoms with Crippen LogP contribution in [0.2, 0.25) is 5.15 Å². The minimum Gasteiger partial charge on any atom is -0.292 e. The Morgan fingerprint density at radius 2 is 2.06 bits per heavy atom. The van der Waals surface area contributed by atoms with Crippen LogP contribution in [0.15, 0.2) is 29.1 Å². The Labute approximate surface area is 107 Å². The summed E-state index contributed by atoms with van der Waals surface area (Å²) in [6.07, 6.45) is 0. The fourth-order valence-corrected chi connectivity index (χ4v) is 1.83. The van der Waals surface area contributed by atoms with Crippen LogP contribution in [0, 0.1) is 18.6 Å². The number of rotatable bonds is 2. The van der Waals surface area contributed by atoms with Crippen LogP contribution in [-0.4, -0.2) is 9.55 Å². The Kier molecular flexibility index (Phi) is 3.43. The molecule has 0 aliphatic rings. The maximum atomic E-state index is 13.5. The van der Waals surface area contributed by atoms with Crippen LogP contribution >= 0.6 is 11.6 Å². The van der Waals surface area contributed by atoms with Crippen molar-refractivity contribution < 1.29 is 8.78 Å².